The van der Waals surface area contributed by atoms with Gasteiger partial charge in [0.1, 0.15) is 0 Å². The summed E-state index contributed by atoms with van der Waals surface area (Å²) in [5.74, 6) is -0.156. The van der Waals surface area contributed by atoms with Gasteiger partial charge in [-0.2, -0.15) is 5.26 Å². The van der Waals surface area contributed by atoms with Crippen LogP contribution in [0.3, 0.4) is 0 Å². The van der Waals surface area contributed by atoms with Gasteiger partial charge < -0.3 is 20.1 Å². The van der Waals surface area contributed by atoms with E-state index in [0.717, 1.165) is 28.1 Å². The topological polar surface area (TPSA) is 86.0 Å². The number of carbonyl (C=O) groups is 1. The molecular weight excluding hydrogens is 623 g/mol. The molecular formula is C32H31Cl3N6OS. The Morgan fingerprint density at radius 1 is 1.09 bits per heavy atom. The molecule has 0 saturated heterocycles. The zero-order valence-electron chi connectivity index (χ0n) is 24.0. The lowest BCUT2D eigenvalue weighted by atomic mass is 10.0. The van der Waals surface area contributed by atoms with Crippen LogP contribution in [0.5, 0.6) is 0 Å². The second-order valence-corrected chi connectivity index (χ2v) is 12.5. The van der Waals surface area contributed by atoms with Crippen LogP contribution in [0.2, 0.25) is 15.1 Å². The zero-order chi connectivity index (χ0) is 31.1. The van der Waals surface area contributed by atoms with Gasteiger partial charge in [0.2, 0.25) is 5.91 Å². The van der Waals surface area contributed by atoms with Gasteiger partial charge in [-0.25, -0.2) is 4.98 Å². The van der Waals surface area contributed by atoms with Gasteiger partial charge in [0.05, 0.1) is 40.0 Å². The number of aromatic nitrogens is 2. The van der Waals surface area contributed by atoms with Gasteiger partial charge >= 0.3 is 0 Å². The fourth-order valence-electron chi connectivity index (χ4n) is 4.57. The molecule has 4 aromatic rings. The summed E-state index contributed by atoms with van der Waals surface area (Å²) in [6.07, 6.45) is 3.53. The van der Waals surface area contributed by atoms with Gasteiger partial charge in [0.25, 0.3) is 0 Å². The Balaban J connectivity index is 1.47. The Kier molecular flexibility index (Phi) is 10.7. The average molecular weight is 654 g/mol. The number of carbonyl (C=O) groups excluding carboxylic acids is 1. The summed E-state index contributed by atoms with van der Waals surface area (Å²) >= 11 is 25.0. The second kappa shape index (κ2) is 14.2. The SMILES string of the molecule is Cc1ccc(NC(=S)N(Cc2cccc(Cl)c2Cl)CC(C)(C)NC(=O)Cc2cncn2Cc2ccc(C#N)cc2)cc1Cl. The molecule has 0 unspecified atom stereocenters. The minimum absolute atomic E-state index is 0.143. The van der Waals surface area contributed by atoms with Crippen molar-refractivity contribution in [1.82, 2.24) is 19.8 Å². The highest BCUT2D eigenvalue weighted by molar-refractivity contribution is 7.80. The maximum Gasteiger partial charge on any atom is 0.226 e. The Labute approximate surface area is 272 Å². The highest BCUT2D eigenvalue weighted by Crippen LogP contribution is 2.28. The van der Waals surface area contributed by atoms with Crippen molar-refractivity contribution in [3.05, 3.63) is 116 Å². The number of anilines is 1. The Morgan fingerprint density at radius 3 is 2.53 bits per heavy atom. The molecule has 0 fully saturated rings. The first-order valence-electron chi connectivity index (χ1n) is 13.5. The predicted octanol–water partition coefficient (Wildman–Crippen LogP) is 7.41. The van der Waals surface area contributed by atoms with Crippen LogP contribution in [-0.2, 0) is 24.3 Å². The molecule has 43 heavy (non-hydrogen) atoms. The summed E-state index contributed by atoms with van der Waals surface area (Å²) in [7, 11) is 0. The van der Waals surface area contributed by atoms with E-state index < -0.39 is 5.54 Å². The molecule has 0 spiro atoms. The number of imidazole rings is 1. The summed E-state index contributed by atoms with van der Waals surface area (Å²) < 4.78 is 1.92. The normalized spacial score (nSPS) is 11.1. The van der Waals surface area contributed by atoms with Crippen molar-refractivity contribution in [2.75, 3.05) is 11.9 Å². The van der Waals surface area contributed by atoms with E-state index in [4.69, 9.17) is 52.3 Å². The van der Waals surface area contributed by atoms with Gasteiger partial charge in [-0.3, -0.25) is 4.79 Å². The van der Waals surface area contributed by atoms with Gasteiger partial charge in [-0.1, -0.05) is 65.1 Å². The lowest BCUT2D eigenvalue weighted by Gasteiger charge is -2.35. The highest BCUT2D eigenvalue weighted by atomic mass is 35.5. The third-order valence-electron chi connectivity index (χ3n) is 6.74. The minimum atomic E-state index is -0.684. The van der Waals surface area contributed by atoms with Crippen LogP contribution >= 0.6 is 47.0 Å². The summed E-state index contributed by atoms with van der Waals surface area (Å²) in [6, 6.07) is 20.6. The number of amides is 1. The molecule has 3 aromatic carbocycles. The Morgan fingerprint density at radius 2 is 1.84 bits per heavy atom. The van der Waals surface area contributed by atoms with Crippen LogP contribution in [0.15, 0.2) is 73.2 Å². The highest BCUT2D eigenvalue weighted by Gasteiger charge is 2.27. The number of nitrogens with zero attached hydrogens (tertiary/aromatic N) is 4. The van der Waals surface area contributed by atoms with Crippen LogP contribution in [0.1, 0.15) is 41.8 Å². The molecule has 1 amide bonds. The fourth-order valence-corrected chi connectivity index (χ4v) is 5.38. The number of aryl methyl sites for hydroxylation is 1. The van der Waals surface area contributed by atoms with E-state index in [1.807, 2.05) is 72.7 Å². The summed E-state index contributed by atoms with van der Waals surface area (Å²) in [5, 5.41) is 17.4. The third kappa shape index (κ3) is 8.94. The number of halogens is 3. The van der Waals surface area contributed by atoms with Crippen LogP contribution in [0.4, 0.5) is 5.69 Å². The molecule has 7 nitrogen and oxygen atoms in total. The van der Waals surface area contributed by atoms with E-state index in [0.29, 0.717) is 45.4 Å². The molecule has 1 heterocycles. The first kappa shape index (κ1) is 32.3. The Bertz CT molecular complexity index is 1660. The van der Waals surface area contributed by atoms with E-state index >= 15 is 0 Å². The fraction of sp³-hybridized carbons (Fsp3) is 0.250. The first-order chi connectivity index (χ1) is 20.4. The van der Waals surface area contributed by atoms with Gasteiger partial charge in [0, 0.05) is 42.2 Å². The number of rotatable bonds is 10. The first-order valence-corrected chi connectivity index (χ1v) is 15.0. The lowest BCUT2D eigenvalue weighted by molar-refractivity contribution is -0.122. The molecule has 0 aliphatic carbocycles. The Hall–Kier alpha value is -3.61. The molecule has 1 aromatic heterocycles. The number of thiocarbonyl (C=S) groups is 1. The summed E-state index contributed by atoms with van der Waals surface area (Å²) in [6.45, 7) is 7.09. The van der Waals surface area contributed by atoms with Crippen LogP contribution in [-0.4, -0.2) is 37.6 Å². The third-order valence-corrected chi connectivity index (χ3v) is 8.37. The average Bonchev–Trinajstić information content (AvgIpc) is 3.38. The van der Waals surface area contributed by atoms with Crippen LogP contribution in [0.25, 0.3) is 0 Å². The molecule has 2 N–H and O–H groups in total. The van der Waals surface area contributed by atoms with E-state index in [2.05, 4.69) is 21.7 Å². The smallest absolute Gasteiger partial charge is 0.226 e. The molecule has 4 rings (SSSR count). The number of benzene rings is 3. The minimum Gasteiger partial charge on any atom is -0.349 e. The summed E-state index contributed by atoms with van der Waals surface area (Å²) in [4.78, 5) is 19.5. The molecule has 0 saturated carbocycles. The largest absolute Gasteiger partial charge is 0.349 e. The van der Waals surface area contributed by atoms with E-state index in [-0.39, 0.29) is 12.3 Å². The molecule has 0 atom stereocenters. The number of nitrogens with one attached hydrogen (secondary N) is 2. The molecule has 0 radical (unpaired) electrons. The van der Waals surface area contributed by atoms with Crippen LogP contribution in [0, 0.1) is 18.3 Å². The predicted molar refractivity (Wildman–Crippen MR) is 178 cm³/mol. The molecule has 11 heteroatoms. The number of hydrogen-bond donors (Lipinski definition) is 2. The van der Waals surface area contributed by atoms with Gasteiger partial charge in [-0.05, 0) is 80.0 Å². The van der Waals surface area contributed by atoms with Gasteiger partial charge in [-0.15, -0.1) is 0 Å². The summed E-state index contributed by atoms with van der Waals surface area (Å²) in [5.41, 5.74) is 4.20. The van der Waals surface area contributed by atoms with Crippen molar-refractivity contribution in [2.45, 2.75) is 45.8 Å². The molecule has 222 valence electrons. The lowest BCUT2D eigenvalue weighted by Crippen LogP contribution is -2.53. The van der Waals surface area contributed by atoms with Crippen molar-refractivity contribution in [3.63, 3.8) is 0 Å². The second-order valence-electron chi connectivity index (χ2n) is 10.9. The molecule has 0 bridgehead atoms. The van der Waals surface area contributed by atoms with Crippen molar-refractivity contribution in [1.29, 1.82) is 5.26 Å². The van der Waals surface area contributed by atoms with Crippen molar-refractivity contribution in [2.24, 2.45) is 0 Å². The van der Waals surface area contributed by atoms with Crippen molar-refractivity contribution >= 4 is 63.7 Å². The van der Waals surface area contributed by atoms with E-state index in [1.54, 1.807) is 30.7 Å². The van der Waals surface area contributed by atoms with Gasteiger partial charge in [0.15, 0.2) is 5.11 Å². The van der Waals surface area contributed by atoms with E-state index in [1.165, 1.54) is 0 Å². The van der Waals surface area contributed by atoms with Crippen LogP contribution < -0.4 is 10.6 Å². The maximum absolute atomic E-state index is 13.3. The monoisotopic (exact) mass is 652 g/mol. The van der Waals surface area contributed by atoms with Crippen molar-refractivity contribution < 1.29 is 4.79 Å². The number of hydrogen-bond acceptors (Lipinski definition) is 4. The number of nitriles is 1. The molecule has 0 aliphatic rings. The van der Waals surface area contributed by atoms with Crippen molar-refractivity contribution in [3.8, 4) is 6.07 Å². The quantitative estimate of drug-likeness (QED) is 0.174. The molecule has 0 aliphatic heterocycles. The maximum atomic E-state index is 13.3. The standard InChI is InChI=1S/C32H31Cl3N6OS/c1-21-7-12-25(13-28(21)34)38-31(43)40(18-24-5-4-6-27(33)30(24)35)19-32(2,3)39-29(42)14-26-16-37-20-41(26)17-23-10-8-22(15-36)9-11-23/h4-13,16,20H,14,17-19H2,1-3H3,(H,38,43)(H,39,42). The van der Waals surface area contributed by atoms with E-state index in [9.17, 15) is 4.79 Å². The zero-order valence-corrected chi connectivity index (χ0v) is 27.1.